The van der Waals surface area contributed by atoms with Gasteiger partial charge in [-0.15, -0.1) is 0 Å². The zero-order chi connectivity index (χ0) is 18.8. The lowest BCUT2D eigenvalue weighted by molar-refractivity contribution is -0.0741. The van der Waals surface area contributed by atoms with Gasteiger partial charge in [-0.1, -0.05) is 29.3 Å². The summed E-state index contributed by atoms with van der Waals surface area (Å²) in [6.45, 7) is 2.12. The highest BCUT2D eigenvalue weighted by atomic mass is 35.5. The van der Waals surface area contributed by atoms with Crippen molar-refractivity contribution in [1.82, 2.24) is 9.88 Å². The summed E-state index contributed by atoms with van der Waals surface area (Å²) in [5, 5.41) is 3.61. The van der Waals surface area contributed by atoms with Crippen molar-refractivity contribution in [3.8, 4) is 0 Å². The van der Waals surface area contributed by atoms with E-state index in [4.69, 9.17) is 27.9 Å². The summed E-state index contributed by atoms with van der Waals surface area (Å²) >= 11 is 11.9. The van der Waals surface area contributed by atoms with Crippen molar-refractivity contribution in [1.29, 1.82) is 0 Å². The summed E-state index contributed by atoms with van der Waals surface area (Å²) < 4.78 is 5.90. The molecule has 142 valence electrons. The molecule has 3 aliphatic rings. The number of ether oxygens (including phenoxy) is 1. The minimum atomic E-state index is -0.455. The van der Waals surface area contributed by atoms with Crippen molar-refractivity contribution in [2.24, 2.45) is 5.92 Å². The number of pyridine rings is 1. The Labute approximate surface area is 168 Å². The number of amides is 1. The average Bonchev–Trinajstić information content (AvgIpc) is 2.68. The van der Waals surface area contributed by atoms with Gasteiger partial charge >= 0.3 is 6.09 Å². The standard InChI is InChI=1S/C20H21Cl2N3O2/c21-16-4-3-15(11-17(16)22)24-20(26)27-19-14-5-8-25(9-6-14)18(19)10-13-2-1-7-23-12-13/h1-4,7,11-12,14,18-19H,5-6,8-10H2,(H,24,26). The first-order chi connectivity index (χ1) is 13.1. The summed E-state index contributed by atoms with van der Waals surface area (Å²) in [6.07, 6.45) is 6.03. The van der Waals surface area contributed by atoms with Crippen LogP contribution < -0.4 is 5.32 Å². The van der Waals surface area contributed by atoms with Gasteiger partial charge < -0.3 is 4.74 Å². The number of nitrogens with zero attached hydrogens (tertiary/aromatic N) is 2. The van der Waals surface area contributed by atoms with Crippen LogP contribution in [0.4, 0.5) is 10.5 Å². The molecule has 3 saturated heterocycles. The van der Waals surface area contributed by atoms with Crippen molar-refractivity contribution in [2.45, 2.75) is 31.4 Å². The average molecular weight is 406 g/mol. The molecule has 27 heavy (non-hydrogen) atoms. The van der Waals surface area contributed by atoms with Crippen LogP contribution in [0.15, 0.2) is 42.7 Å². The first-order valence-corrected chi connectivity index (χ1v) is 9.91. The molecule has 0 spiro atoms. The van der Waals surface area contributed by atoms with E-state index < -0.39 is 6.09 Å². The molecule has 2 aromatic rings. The number of hydrogen-bond donors (Lipinski definition) is 1. The highest BCUT2D eigenvalue weighted by molar-refractivity contribution is 6.42. The highest BCUT2D eigenvalue weighted by Crippen LogP contribution is 2.36. The van der Waals surface area contributed by atoms with Crippen LogP contribution in [0, 0.1) is 5.92 Å². The predicted octanol–water partition coefficient (Wildman–Crippen LogP) is 4.64. The van der Waals surface area contributed by atoms with Crippen LogP contribution in [-0.2, 0) is 11.2 Å². The first kappa shape index (κ1) is 18.5. The molecule has 4 heterocycles. The minimum Gasteiger partial charge on any atom is -0.444 e. The predicted molar refractivity (Wildman–Crippen MR) is 106 cm³/mol. The molecular weight excluding hydrogens is 385 g/mol. The lowest BCUT2D eigenvalue weighted by Gasteiger charge is -2.50. The van der Waals surface area contributed by atoms with E-state index in [-0.39, 0.29) is 12.1 Å². The van der Waals surface area contributed by atoms with E-state index in [1.54, 1.807) is 24.4 Å². The largest absolute Gasteiger partial charge is 0.444 e. The van der Waals surface area contributed by atoms with Crippen molar-refractivity contribution in [3.05, 3.63) is 58.3 Å². The molecule has 2 atom stereocenters. The second kappa shape index (κ2) is 8.05. The molecule has 2 unspecified atom stereocenters. The number of rotatable bonds is 4. The number of anilines is 1. The van der Waals surface area contributed by atoms with Gasteiger partial charge in [-0.25, -0.2) is 4.79 Å². The van der Waals surface area contributed by atoms with Crippen LogP contribution in [0.25, 0.3) is 0 Å². The second-order valence-corrected chi connectivity index (χ2v) is 7.94. The van der Waals surface area contributed by atoms with Gasteiger partial charge in [-0.2, -0.15) is 0 Å². The minimum absolute atomic E-state index is 0.129. The van der Waals surface area contributed by atoms with E-state index in [1.807, 2.05) is 12.3 Å². The molecule has 0 aliphatic carbocycles. The Morgan fingerprint density at radius 3 is 2.74 bits per heavy atom. The van der Waals surface area contributed by atoms with Gasteiger partial charge in [-0.3, -0.25) is 15.2 Å². The summed E-state index contributed by atoms with van der Waals surface area (Å²) in [4.78, 5) is 19.2. The second-order valence-electron chi connectivity index (χ2n) is 7.13. The quantitative estimate of drug-likeness (QED) is 0.804. The van der Waals surface area contributed by atoms with Crippen LogP contribution in [0.3, 0.4) is 0 Å². The van der Waals surface area contributed by atoms with Crippen molar-refractivity contribution in [3.63, 3.8) is 0 Å². The molecule has 5 rings (SSSR count). The first-order valence-electron chi connectivity index (χ1n) is 9.16. The Kier molecular flexibility index (Phi) is 5.53. The van der Waals surface area contributed by atoms with Gasteiger partial charge in [0.2, 0.25) is 0 Å². The molecule has 2 bridgehead atoms. The monoisotopic (exact) mass is 405 g/mol. The fourth-order valence-electron chi connectivity index (χ4n) is 4.13. The lowest BCUT2D eigenvalue weighted by Crippen LogP contribution is -2.60. The molecular formula is C20H21Cl2N3O2. The Morgan fingerprint density at radius 1 is 1.22 bits per heavy atom. The number of piperidine rings is 3. The van der Waals surface area contributed by atoms with Gasteiger partial charge in [0, 0.05) is 24.0 Å². The maximum atomic E-state index is 12.5. The SMILES string of the molecule is O=C(Nc1ccc(Cl)c(Cl)c1)OC1C2CCN(CC2)C1Cc1cccnc1. The van der Waals surface area contributed by atoms with E-state index >= 15 is 0 Å². The number of carbonyl (C=O) groups excluding carboxylic acids is 1. The number of nitrogens with one attached hydrogen (secondary N) is 1. The Bertz CT molecular complexity index is 810. The normalized spacial score (nSPS) is 26.6. The Morgan fingerprint density at radius 2 is 2.04 bits per heavy atom. The summed E-state index contributed by atoms with van der Waals surface area (Å²) in [7, 11) is 0. The van der Waals surface area contributed by atoms with E-state index in [0.717, 1.165) is 37.9 Å². The maximum absolute atomic E-state index is 12.5. The van der Waals surface area contributed by atoms with Crippen LogP contribution in [0.2, 0.25) is 10.0 Å². The van der Waals surface area contributed by atoms with Crippen molar-refractivity contribution >= 4 is 35.0 Å². The van der Waals surface area contributed by atoms with Gasteiger partial charge in [0.25, 0.3) is 0 Å². The number of halogens is 2. The van der Waals surface area contributed by atoms with Crippen molar-refractivity contribution in [2.75, 3.05) is 18.4 Å². The molecule has 1 amide bonds. The number of carbonyl (C=O) groups is 1. The number of fused-ring (bicyclic) bond motifs is 3. The molecule has 3 fully saturated rings. The van der Waals surface area contributed by atoms with E-state index in [9.17, 15) is 4.79 Å². The molecule has 1 aromatic carbocycles. The number of hydrogen-bond acceptors (Lipinski definition) is 4. The summed E-state index contributed by atoms with van der Waals surface area (Å²) in [5.74, 6) is 0.399. The van der Waals surface area contributed by atoms with Gasteiger partial charge in [0.15, 0.2) is 0 Å². The zero-order valence-corrected chi connectivity index (χ0v) is 16.3. The summed E-state index contributed by atoms with van der Waals surface area (Å²) in [6, 6.07) is 9.18. The fraction of sp³-hybridized carbons (Fsp3) is 0.400. The third-order valence-electron chi connectivity index (χ3n) is 5.46. The molecule has 0 saturated carbocycles. The number of benzene rings is 1. The van der Waals surface area contributed by atoms with Crippen LogP contribution >= 0.6 is 23.2 Å². The smallest absolute Gasteiger partial charge is 0.411 e. The third-order valence-corrected chi connectivity index (χ3v) is 6.20. The maximum Gasteiger partial charge on any atom is 0.411 e. The molecule has 3 aliphatic heterocycles. The van der Waals surface area contributed by atoms with Crippen molar-refractivity contribution < 1.29 is 9.53 Å². The van der Waals surface area contributed by atoms with Gasteiger partial charge in [-0.05, 0) is 62.2 Å². The Hall–Kier alpha value is -1.82. The molecule has 1 N–H and O–H groups in total. The highest BCUT2D eigenvalue weighted by Gasteiger charge is 2.44. The molecule has 5 nitrogen and oxygen atoms in total. The third kappa shape index (κ3) is 4.21. The van der Waals surface area contributed by atoms with Crippen LogP contribution in [0.5, 0.6) is 0 Å². The lowest BCUT2D eigenvalue weighted by atomic mass is 9.78. The molecule has 1 aromatic heterocycles. The molecule has 0 radical (unpaired) electrons. The van der Waals surface area contributed by atoms with Gasteiger partial charge in [0.05, 0.1) is 16.1 Å². The van der Waals surface area contributed by atoms with Crippen LogP contribution in [0.1, 0.15) is 18.4 Å². The van der Waals surface area contributed by atoms with Gasteiger partial charge in [0.1, 0.15) is 6.10 Å². The van der Waals surface area contributed by atoms with Crippen LogP contribution in [-0.4, -0.2) is 41.2 Å². The van der Waals surface area contributed by atoms with E-state index in [1.165, 1.54) is 0 Å². The topological polar surface area (TPSA) is 54.5 Å². The number of aromatic nitrogens is 1. The molecule has 7 heteroatoms. The Balaban J connectivity index is 1.46. The van der Waals surface area contributed by atoms with E-state index in [2.05, 4.69) is 21.3 Å². The fourth-order valence-corrected chi connectivity index (χ4v) is 4.42. The zero-order valence-electron chi connectivity index (χ0n) is 14.8. The summed E-state index contributed by atoms with van der Waals surface area (Å²) in [5.41, 5.74) is 1.73. The van der Waals surface area contributed by atoms with E-state index in [0.29, 0.717) is 21.7 Å².